The molecular formula is C28H30N2O7. The molecule has 37 heavy (non-hydrogen) atoms. The Morgan fingerprint density at radius 1 is 0.946 bits per heavy atom. The van der Waals surface area contributed by atoms with E-state index in [0.717, 1.165) is 38.7 Å². The average Bonchev–Trinajstić information content (AvgIpc) is 3.24. The highest BCUT2D eigenvalue weighted by atomic mass is 16.6. The highest BCUT2D eigenvalue weighted by molar-refractivity contribution is 6.11. The van der Waals surface area contributed by atoms with E-state index in [1.807, 2.05) is 29.3 Å². The Morgan fingerprint density at radius 3 is 2.32 bits per heavy atom. The van der Waals surface area contributed by atoms with Gasteiger partial charge in [0.1, 0.15) is 0 Å². The number of aromatic nitrogens is 1. The molecule has 9 heteroatoms. The number of aryl methyl sites for hydroxylation is 2. The molecule has 0 bridgehead atoms. The second kappa shape index (κ2) is 9.55. The van der Waals surface area contributed by atoms with E-state index >= 15 is 0 Å². The van der Waals surface area contributed by atoms with Crippen LogP contribution in [-0.2, 0) is 39.9 Å². The Balaban J connectivity index is 1.54. The minimum Gasteiger partial charge on any atom is -0.456 e. The Morgan fingerprint density at radius 2 is 1.62 bits per heavy atom. The molecule has 0 radical (unpaired) electrons. The van der Waals surface area contributed by atoms with Gasteiger partial charge in [0.2, 0.25) is 0 Å². The van der Waals surface area contributed by atoms with Crippen LogP contribution >= 0.6 is 0 Å². The highest BCUT2D eigenvalue weighted by Crippen LogP contribution is 2.39. The van der Waals surface area contributed by atoms with E-state index in [0.29, 0.717) is 6.54 Å². The van der Waals surface area contributed by atoms with Crippen LogP contribution in [0, 0.1) is 13.8 Å². The van der Waals surface area contributed by atoms with Gasteiger partial charge in [0.25, 0.3) is 0 Å². The lowest BCUT2D eigenvalue weighted by atomic mass is 9.90. The summed E-state index contributed by atoms with van der Waals surface area (Å²) in [6.07, 6.45) is 0.239. The maximum absolute atomic E-state index is 12.1. The van der Waals surface area contributed by atoms with Crippen LogP contribution in [0.3, 0.4) is 0 Å². The van der Waals surface area contributed by atoms with Gasteiger partial charge in [-0.05, 0) is 48.2 Å². The maximum Gasteiger partial charge on any atom is 0.303 e. The lowest BCUT2D eigenvalue weighted by molar-refractivity contribution is -0.246. The van der Waals surface area contributed by atoms with Crippen molar-refractivity contribution in [1.82, 2.24) is 9.88 Å². The van der Waals surface area contributed by atoms with Crippen molar-refractivity contribution in [1.29, 1.82) is 0 Å². The number of carbonyl (C=O) groups is 3. The van der Waals surface area contributed by atoms with Crippen molar-refractivity contribution in [2.45, 2.75) is 65.7 Å². The van der Waals surface area contributed by atoms with Gasteiger partial charge in [-0.2, -0.15) is 0 Å². The van der Waals surface area contributed by atoms with Crippen molar-refractivity contribution in [2.24, 2.45) is 0 Å². The third-order valence-corrected chi connectivity index (χ3v) is 7.06. The Hall–Kier alpha value is -3.85. The van der Waals surface area contributed by atoms with Crippen LogP contribution in [-0.4, -0.2) is 58.9 Å². The standard InChI is InChI=1S/C28H30N2O7/c1-14-21-12-30(11-10-19(21)15(2)25-24(14)20-8-6-7-9-22(20)29-25)28-27(37-18(5)33)26(36-17(4)32)23(13-34-28)35-16(3)31/h6-11,23,26-29H,12-13H2,1-5H3/t23-,26-,27+,28+/m0/s1. The molecule has 3 aromatic rings. The second-order valence-corrected chi connectivity index (χ2v) is 9.57. The summed E-state index contributed by atoms with van der Waals surface area (Å²) in [5.41, 5.74) is 6.75. The number of nitrogens with zero attached hydrogens (tertiary/aromatic N) is 1. The first kappa shape index (κ1) is 24.8. The first-order valence-electron chi connectivity index (χ1n) is 12.3. The summed E-state index contributed by atoms with van der Waals surface area (Å²) in [5.74, 6) is -1.69. The van der Waals surface area contributed by atoms with Gasteiger partial charge in [-0.3, -0.25) is 14.4 Å². The molecule has 3 heterocycles. The molecule has 1 fully saturated rings. The fourth-order valence-corrected chi connectivity index (χ4v) is 5.54. The number of carbonyl (C=O) groups excluding carboxylic acids is 3. The number of esters is 3. The number of nitrogens with one attached hydrogen (secondary N) is 1. The van der Waals surface area contributed by atoms with Crippen LogP contribution in [0.5, 0.6) is 0 Å². The van der Waals surface area contributed by atoms with Crippen molar-refractivity contribution in [3.05, 3.63) is 52.7 Å². The summed E-state index contributed by atoms with van der Waals surface area (Å²) >= 11 is 0. The Bertz CT molecular complexity index is 1440. The minimum absolute atomic E-state index is 0.0172. The molecule has 0 aliphatic carbocycles. The van der Waals surface area contributed by atoms with Crippen molar-refractivity contribution in [3.63, 3.8) is 0 Å². The Labute approximate surface area is 214 Å². The van der Waals surface area contributed by atoms with Crippen LogP contribution < -0.4 is 0 Å². The minimum atomic E-state index is -1.02. The number of rotatable bonds is 4. The average molecular weight is 507 g/mol. The van der Waals surface area contributed by atoms with Crippen LogP contribution in [0.15, 0.2) is 30.5 Å². The van der Waals surface area contributed by atoms with Crippen molar-refractivity contribution < 1.29 is 33.3 Å². The molecule has 0 spiro atoms. The number of benzene rings is 2. The van der Waals surface area contributed by atoms with E-state index in [2.05, 4.69) is 31.0 Å². The van der Waals surface area contributed by atoms with Crippen LogP contribution in [0.25, 0.3) is 27.9 Å². The van der Waals surface area contributed by atoms with Gasteiger partial charge in [0, 0.05) is 49.8 Å². The molecule has 1 aromatic heterocycles. The molecule has 0 saturated carbocycles. The van der Waals surface area contributed by atoms with E-state index < -0.39 is 42.4 Å². The summed E-state index contributed by atoms with van der Waals surface area (Å²) in [6, 6.07) is 8.24. The third-order valence-electron chi connectivity index (χ3n) is 7.06. The fraction of sp³-hybridized carbons (Fsp3) is 0.393. The molecular weight excluding hydrogens is 476 g/mol. The number of aromatic amines is 1. The van der Waals surface area contributed by atoms with E-state index in [4.69, 9.17) is 18.9 Å². The van der Waals surface area contributed by atoms with Gasteiger partial charge in [-0.25, -0.2) is 0 Å². The number of ether oxygens (including phenoxy) is 4. The molecule has 2 aromatic carbocycles. The third kappa shape index (κ3) is 4.44. The summed E-state index contributed by atoms with van der Waals surface area (Å²) in [7, 11) is 0. The quantitative estimate of drug-likeness (QED) is 0.420. The zero-order chi connectivity index (χ0) is 26.4. The van der Waals surface area contributed by atoms with Gasteiger partial charge in [-0.1, -0.05) is 18.2 Å². The van der Waals surface area contributed by atoms with Gasteiger partial charge >= 0.3 is 17.9 Å². The molecule has 2 aliphatic rings. The molecule has 194 valence electrons. The normalized spacial score (nSPS) is 23.1. The number of hydrogen-bond donors (Lipinski definition) is 1. The number of hydrogen-bond acceptors (Lipinski definition) is 8. The molecule has 0 unspecified atom stereocenters. The molecule has 1 saturated heterocycles. The number of H-pyrrole nitrogens is 1. The van der Waals surface area contributed by atoms with Gasteiger partial charge < -0.3 is 28.8 Å². The van der Waals surface area contributed by atoms with Crippen LogP contribution in [0.1, 0.15) is 43.0 Å². The zero-order valence-corrected chi connectivity index (χ0v) is 21.5. The Kier molecular flexibility index (Phi) is 6.41. The van der Waals surface area contributed by atoms with Crippen LogP contribution in [0.4, 0.5) is 0 Å². The molecule has 0 amide bonds. The molecule has 2 aliphatic heterocycles. The molecule has 5 rings (SSSR count). The van der Waals surface area contributed by atoms with Crippen LogP contribution in [0.2, 0.25) is 0 Å². The number of para-hydroxylation sites is 1. The lowest BCUT2D eigenvalue weighted by Crippen LogP contribution is -2.61. The van der Waals surface area contributed by atoms with Gasteiger partial charge in [-0.15, -0.1) is 0 Å². The highest BCUT2D eigenvalue weighted by Gasteiger charge is 2.49. The summed E-state index contributed by atoms with van der Waals surface area (Å²) < 4.78 is 22.6. The van der Waals surface area contributed by atoms with E-state index in [-0.39, 0.29) is 6.61 Å². The van der Waals surface area contributed by atoms with E-state index in [1.165, 1.54) is 26.2 Å². The predicted octanol–water partition coefficient (Wildman–Crippen LogP) is 3.88. The molecule has 9 nitrogen and oxygen atoms in total. The fourth-order valence-electron chi connectivity index (χ4n) is 5.54. The maximum atomic E-state index is 12.1. The van der Waals surface area contributed by atoms with Gasteiger partial charge in [0.05, 0.1) is 12.1 Å². The first-order valence-corrected chi connectivity index (χ1v) is 12.3. The largest absolute Gasteiger partial charge is 0.456 e. The monoisotopic (exact) mass is 506 g/mol. The second-order valence-electron chi connectivity index (χ2n) is 9.57. The SMILES string of the molecule is CC(=O)O[C@@H]1[C@@H](OC(C)=O)[C@H](N2C=Cc3c(c(C)c4c([nH]c5ccccc54)c3C)C2)OC[C@@H]1OC(C)=O. The lowest BCUT2D eigenvalue weighted by Gasteiger charge is -2.45. The van der Waals surface area contributed by atoms with E-state index in [1.54, 1.807) is 0 Å². The van der Waals surface area contributed by atoms with Crippen molar-refractivity contribution in [2.75, 3.05) is 6.61 Å². The van der Waals surface area contributed by atoms with Crippen molar-refractivity contribution in [3.8, 4) is 0 Å². The van der Waals surface area contributed by atoms with E-state index in [9.17, 15) is 14.4 Å². The number of fused-ring (bicyclic) bond motifs is 4. The topological polar surface area (TPSA) is 107 Å². The molecule has 4 atom stereocenters. The summed E-state index contributed by atoms with van der Waals surface area (Å²) in [5, 5.41) is 2.34. The van der Waals surface area contributed by atoms with Crippen molar-refractivity contribution >= 4 is 45.8 Å². The smallest absolute Gasteiger partial charge is 0.303 e. The molecule has 1 N–H and O–H groups in total. The van der Waals surface area contributed by atoms with Gasteiger partial charge in [0.15, 0.2) is 24.5 Å². The first-order chi connectivity index (χ1) is 17.7. The predicted molar refractivity (Wildman–Crippen MR) is 136 cm³/mol. The summed E-state index contributed by atoms with van der Waals surface area (Å²) in [4.78, 5) is 41.2. The zero-order valence-electron chi connectivity index (χ0n) is 21.5. The summed E-state index contributed by atoms with van der Waals surface area (Å²) in [6.45, 7) is 8.49.